The van der Waals surface area contributed by atoms with Gasteiger partial charge in [0.1, 0.15) is 6.10 Å². The van der Waals surface area contributed by atoms with E-state index in [4.69, 9.17) is 9.26 Å². The molecule has 0 spiro atoms. The highest BCUT2D eigenvalue weighted by Gasteiger charge is 2.35. The van der Waals surface area contributed by atoms with Crippen molar-refractivity contribution >= 4 is 0 Å². The van der Waals surface area contributed by atoms with Crippen LogP contribution in [-0.2, 0) is 10.2 Å². The van der Waals surface area contributed by atoms with Gasteiger partial charge >= 0.3 is 0 Å². The molecule has 0 aliphatic carbocycles. The third-order valence-corrected chi connectivity index (χ3v) is 4.11. The van der Waals surface area contributed by atoms with E-state index in [0.717, 1.165) is 51.5 Å². The van der Waals surface area contributed by atoms with E-state index in [9.17, 15) is 0 Å². The maximum atomic E-state index is 5.73. The number of hydrogen-bond acceptors (Lipinski definition) is 6. The van der Waals surface area contributed by atoms with Gasteiger partial charge in [-0.3, -0.25) is 0 Å². The normalized spacial score (nSPS) is 33.5. The van der Waals surface area contributed by atoms with E-state index >= 15 is 0 Å². The summed E-state index contributed by atoms with van der Waals surface area (Å²) in [5.41, 5.74) is -0.0376. The minimum atomic E-state index is -0.0589. The highest BCUT2D eigenvalue weighted by Crippen LogP contribution is 2.30. The van der Waals surface area contributed by atoms with Crippen LogP contribution in [0.1, 0.15) is 37.6 Å². The molecular weight excluding hydrogens is 244 g/mol. The van der Waals surface area contributed by atoms with Gasteiger partial charge in [0.05, 0.1) is 12.0 Å². The van der Waals surface area contributed by atoms with Gasteiger partial charge in [0.2, 0.25) is 11.7 Å². The minimum absolute atomic E-state index is 0.0376. The Kier molecular flexibility index (Phi) is 3.56. The second-order valence-corrected chi connectivity index (χ2v) is 5.92. The highest BCUT2D eigenvalue weighted by atomic mass is 16.5. The van der Waals surface area contributed by atoms with Crippen LogP contribution in [0.15, 0.2) is 4.52 Å². The first kappa shape index (κ1) is 13.0. The van der Waals surface area contributed by atoms with Gasteiger partial charge in [-0.25, -0.2) is 0 Å². The number of piperidine rings is 1. The smallest absolute Gasteiger partial charge is 0.233 e. The summed E-state index contributed by atoms with van der Waals surface area (Å²) < 4.78 is 11.2. The SMILES string of the molecule is CN1CCOC(c2noc(C3(C)CCCNC3)n2)C1. The number of nitrogens with one attached hydrogen (secondary N) is 1. The summed E-state index contributed by atoms with van der Waals surface area (Å²) >= 11 is 0. The minimum Gasteiger partial charge on any atom is -0.367 e. The van der Waals surface area contributed by atoms with Gasteiger partial charge in [-0.15, -0.1) is 0 Å². The molecule has 3 rings (SSSR count). The summed E-state index contributed by atoms with van der Waals surface area (Å²) in [5.74, 6) is 1.43. The lowest BCUT2D eigenvalue weighted by atomic mass is 9.83. The van der Waals surface area contributed by atoms with E-state index in [0.29, 0.717) is 5.82 Å². The number of aromatic nitrogens is 2. The number of nitrogens with zero attached hydrogens (tertiary/aromatic N) is 3. The Hall–Kier alpha value is -0.980. The van der Waals surface area contributed by atoms with Crippen molar-refractivity contribution in [2.24, 2.45) is 0 Å². The monoisotopic (exact) mass is 266 g/mol. The van der Waals surface area contributed by atoms with Crippen LogP contribution in [0, 0.1) is 0 Å². The Morgan fingerprint density at radius 1 is 1.47 bits per heavy atom. The van der Waals surface area contributed by atoms with E-state index in [1.807, 2.05) is 0 Å². The number of morpholine rings is 1. The molecule has 6 heteroatoms. The summed E-state index contributed by atoms with van der Waals surface area (Å²) in [4.78, 5) is 6.82. The molecule has 2 fully saturated rings. The van der Waals surface area contributed by atoms with E-state index in [-0.39, 0.29) is 11.5 Å². The van der Waals surface area contributed by atoms with Crippen LogP contribution in [-0.4, -0.2) is 54.9 Å². The third kappa shape index (κ3) is 2.66. The summed E-state index contributed by atoms with van der Waals surface area (Å²) in [6.45, 7) is 6.68. The fraction of sp³-hybridized carbons (Fsp3) is 0.846. The van der Waals surface area contributed by atoms with Crippen molar-refractivity contribution in [3.05, 3.63) is 11.7 Å². The zero-order valence-electron chi connectivity index (χ0n) is 11.7. The molecule has 2 aliphatic rings. The predicted molar refractivity (Wildman–Crippen MR) is 69.9 cm³/mol. The molecule has 0 saturated carbocycles. The Morgan fingerprint density at radius 3 is 3.11 bits per heavy atom. The van der Waals surface area contributed by atoms with Crippen LogP contribution < -0.4 is 5.32 Å². The second kappa shape index (κ2) is 5.19. The molecular formula is C13H22N4O2. The fourth-order valence-electron chi connectivity index (χ4n) is 2.78. The lowest BCUT2D eigenvalue weighted by Gasteiger charge is -2.30. The molecule has 0 bridgehead atoms. The second-order valence-electron chi connectivity index (χ2n) is 5.92. The van der Waals surface area contributed by atoms with Crippen LogP contribution in [0.4, 0.5) is 0 Å². The van der Waals surface area contributed by atoms with Gasteiger partial charge in [0, 0.05) is 19.6 Å². The predicted octanol–water partition coefficient (Wildman–Crippen LogP) is 0.714. The molecule has 0 aromatic carbocycles. The Bertz CT molecular complexity index is 428. The Morgan fingerprint density at radius 2 is 2.37 bits per heavy atom. The number of ether oxygens (including phenoxy) is 1. The quantitative estimate of drug-likeness (QED) is 0.851. The maximum Gasteiger partial charge on any atom is 0.233 e. The van der Waals surface area contributed by atoms with Crippen LogP contribution >= 0.6 is 0 Å². The van der Waals surface area contributed by atoms with Crippen molar-refractivity contribution in [2.45, 2.75) is 31.3 Å². The Balaban J connectivity index is 1.75. The lowest BCUT2D eigenvalue weighted by molar-refractivity contribution is -0.0264. The molecule has 0 amide bonds. The fourth-order valence-corrected chi connectivity index (χ4v) is 2.78. The number of likely N-dealkylation sites (N-methyl/N-ethyl adjacent to an activating group) is 1. The highest BCUT2D eigenvalue weighted by molar-refractivity contribution is 5.07. The molecule has 19 heavy (non-hydrogen) atoms. The molecule has 1 aromatic heterocycles. The molecule has 6 nitrogen and oxygen atoms in total. The molecule has 1 aromatic rings. The first-order chi connectivity index (χ1) is 9.17. The van der Waals surface area contributed by atoms with Crippen molar-refractivity contribution in [1.82, 2.24) is 20.4 Å². The first-order valence-corrected chi connectivity index (χ1v) is 7.02. The van der Waals surface area contributed by atoms with Gasteiger partial charge in [-0.05, 0) is 33.4 Å². The van der Waals surface area contributed by atoms with Gasteiger partial charge in [-0.1, -0.05) is 5.16 Å². The average Bonchev–Trinajstić information content (AvgIpc) is 2.90. The van der Waals surface area contributed by atoms with Gasteiger partial charge in [0.15, 0.2) is 0 Å². The zero-order valence-corrected chi connectivity index (χ0v) is 11.7. The summed E-state index contributed by atoms with van der Waals surface area (Å²) in [6, 6.07) is 0. The molecule has 106 valence electrons. The van der Waals surface area contributed by atoms with Crippen molar-refractivity contribution in [3.8, 4) is 0 Å². The van der Waals surface area contributed by atoms with Crippen LogP contribution in [0.25, 0.3) is 0 Å². The Labute approximate surface area is 113 Å². The summed E-state index contributed by atoms with van der Waals surface area (Å²) in [6.07, 6.45) is 2.18. The lowest BCUT2D eigenvalue weighted by Crippen LogP contribution is -2.41. The van der Waals surface area contributed by atoms with E-state index in [1.165, 1.54) is 0 Å². The van der Waals surface area contributed by atoms with E-state index in [2.05, 4.69) is 34.3 Å². The molecule has 2 atom stereocenters. The zero-order chi connectivity index (χ0) is 13.3. The molecule has 0 radical (unpaired) electrons. The van der Waals surface area contributed by atoms with E-state index in [1.54, 1.807) is 0 Å². The largest absolute Gasteiger partial charge is 0.367 e. The topological polar surface area (TPSA) is 63.4 Å². The van der Waals surface area contributed by atoms with Gasteiger partial charge in [-0.2, -0.15) is 4.98 Å². The first-order valence-electron chi connectivity index (χ1n) is 7.02. The number of rotatable bonds is 2. The van der Waals surface area contributed by atoms with Crippen LogP contribution in [0.3, 0.4) is 0 Å². The molecule has 2 aliphatic heterocycles. The molecule has 2 unspecified atom stereocenters. The van der Waals surface area contributed by atoms with Crippen molar-refractivity contribution in [3.63, 3.8) is 0 Å². The molecule has 2 saturated heterocycles. The summed E-state index contributed by atoms with van der Waals surface area (Å²) in [5, 5.41) is 7.53. The van der Waals surface area contributed by atoms with E-state index < -0.39 is 0 Å². The van der Waals surface area contributed by atoms with Gasteiger partial charge < -0.3 is 19.5 Å². The molecule has 1 N–H and O–H groups in total. The third-order valence-electron chi connectivity index (χ3n) is 4.11. The van der Waals surface area contributed by atoms with Crippen molar-refractivity contribution < 1.29 is 9.26 Å². The van der Waals surface area contributed by atoms with Crippen molar-refractivity contribution in [1.29, 1.82) is 0 Å². The summed E-state index contributed by atoms with van der Waals surface area (Å²) in [7, 11) is 2.09. The molecule has 3 heterocycles. The number of hydrogen-bond donors (Lipinski definition) is 1. The maximum absolute atomic E-state index is 5.73. The van der Waals surface area contributed by atoms with Gasteiger partial charge in [0.25, 0.3) is 0 Å². The van der Waals surface area contributed by atoms with Crippen molar-refractivity contribution in [2.75, 3.05) is 39.8 Å². The standard InChI is InChI=1S/C13H22N4O2/c1-13(4-3-5-14-9-13)12-15-11(16-19-12)10-8-17(2)6-7-18-10/h10,14H,3-9H2,1-2H3. The van der Waals surface area contributed by atoms with Crippen LogP contribution in [0.5, 0.6) is 0 Å². The van der Waals surface area contributed by atoms with Crippen LogP contribution in [0.2, 0.25) is 0 Å². The average molecular weight is 266 g/mol.